The smallest absolute Gasteiger partial charge is 0.250 e. The van der Waals surface area contributed by atoms with Crippen LogP contribution in [0.2, 0.25) is 4.34 Å². The predicted octanol–water partition coefficient (Wildman–Crippen LogP) is 3.01. The lowest BCUT2D eigenvalue weighted by molar-refractivity contribution is -0.00441. The van der Waals surface area contributed by atoms with Crippen molar-refractivity contribution in [2.45, 2.75) is 48.8 Å². The van der Waals surface area contributed by atoms with E-state index in [4.69, 9.17) is 11.6 Å². The molecule has 2 rings (SSSR count). The summed E-state index contributed by atoms with van der Waals surface area (Å²) in [5.41, 5.74) is -0.917. The van der Waals surface area contributed by atoms with E-state index in [1.807, 2.05) is 0 Å². The molecule has 1 saturated carbocycles. The molecule has 0 bridgehead atoms. The van der Waals surface area contributed by atoms with Gasteiger partial charge in [-0.25, -0.2) is 13.1 Å². The molecule has 7 heteroatoms. The Morgan fingerprint density at radius 1 is 1.45 bits per heavy atom. The Morgan fingerprint density at radius 3 is 2.60 bits per heavy atom. The van der Waals surface area contributed by atoms with Crippen LogP contribution < -0.4 is 4.72 Å². The van der Waals surface area contributed by atoms with Crippen molar-refractivity contribution >= 4 is 33.0 Å². The number of nitrogens with one attached hydrogen (secondary N) is 1. The van der Waals surface area contributed by atoms with Crippen molar-refractivity contribution in [2.24, 2.45) is 5.92 Å². The zero-order valence-corrected chi connectivity index (χ0v) is 13.8. The number of aliphatic hydroxyl groups is 1. The molecule has 0 spiro atoms. The first-order valence-corrected chi connectivity index (χ1v) is 9.50. The molecule has 114 valence electrons. The van der Waals surface area contributed by atoms with Crippen molar-refractivity contribution in [3.8, 4) is 0 Å². The quantitative estimate of drug-likeness (QED) is 0.868. The van der Waals surface area contributed by atoms with Crippen LogP contribution in [0.3, 0.4) is 0 Å². The average molecular weight is 338 g/mol. The maximum absolute atomic E-state index is 12.1. The number of thiophene rings is 1. The Labute approximate surface area is 129 Å². The van der Waals surface area contributed by atoms with Gasteiger partial charge in [-0.2, -0.15) is 0 Å². The normalized spacial score (nSPS) is 27.6. The molecule has 0 aliphatic heterocycles. The Kier molecular flexibility index (Phi) is 5.13. The van der Waals surface area contributed by atoms with Crippen molar-refractivity contribution in [2.75, 3.05) is 6.54 Å². The number of halogens is 1. The zero-order valence-electron chi connectivity index (χ0n) is 11.4. The molecule has 0 atom stereocenters. The topological polar surface area (TPSA) is 66.4 Å². The molecule has 1 aromatic heterocycles. The van der Waals surface area contributed by atoms with Gasteiger partial charge in [0.2, 0.25) is 10.0 Å². The lowest BCUT2D eigenvalue weighted by Crippen LogP contribution is -2.45. The van der Waals surface area contributed by atoms with Crippen LogP contribution in [0, 0.1) is 5.92 Å². The molecule has 2 N–H and O–H groups in total. The van der Waals surface area contributed by atoms with Crippen molar-refractivity contribution < 1.29 is 13.5 Å². The van der Waals surface area contributed by atoms with Gasteiger partial charge in [0.15, 0.2) is 0 Å². The van der Waals surface area contributed by atoms with Crippen LogP contribution >= 0.6 is 22.9 Å². The minimum absolute atomic E-state index is 0.0707. The maximum atomic E-state index is 12.1. The van der Waals surface area contributed by atoms with E-state index < -0.39 is 15.6 Å². The molecule has 4 nitrogen and oxygen atoms in total. The highest BCUT2D eigenvalue weighted by Gasteiger charge is 2.34. The van der Waals surface area contributed by atoms with E-state index in [1.54, 1.807) is 6.07 Å². The summed E-state index contributed by atoms with van der Waals surface area (Å²) in [6.07, 6.45) is 4.34. The van der Waals surface area contributed by atoms with Crippen LogP contribution in [0.25, 0.3) is 0 Å². The Morgan fingerprint density at radius 2 is 2.10 bits per heavy atom. The fourth-order valence-electron chi connectivity index (χ4n) is 2.54. The monoisotopic (exact) mass is 337 g/mol. The second kappa shape index (κ2) is 6.32. The van der Waals surface area contributed by atoms with E-state index in [0.717, 1.165) is 30.6 Å². The molecule has 20 heavy (non-hydrogen) atoms. The van der Waals surface area contributed by atoms with Gasteiger partial charge in [0, 0.05) is 6.54 Å². The fraction of sp³-hybridized carbons (Fsp3) is 0.692. The third kappa shape index (κ3) is 3.95. The standard InChI is InChI=1S/C13H20ClNO3S2/c1-2-10-5-7-13(16,8-6-10)9-15-20(17,18)12-4-3-11(14)19-12/h3-4,10,15-16H,2,5-9H2,1H3. The molecular formula is C13H20ClNO3S2. The van der Waals surface area contributed by atoms with E-state index in [2.05, 4.69) is 11.6 Å². The summed E-state index contributed by atoms with van der Waals surface area (Å²) in [5, 5.41) is 10.5. The third-order valence-corrected chi connectivity index (χ3v) is 7.14. The first kappa shape index (κ1) is 16.2. The molecule has 0 radical (unpaired) electrons. The highest BCUT2D eigenvalue weighted by atomic mass is 35.5. The van der Waals surface area contributed by atoms with E-state index in [1.165, 1.54) is 6.07 Å². The second-order valence-corrected chi connectivity index (χ2v) is 9.17. The van der Waals surface area contributed by atoms with Crippen LogP contribution in [0.1, 0.15) is 39.0 Å². The fourth-order valence-corrected chi connectivity index (χ4v) is 5.19. The van der Waals surface area contributed by atoms with Gasteiger partial charge in [0.1, 0.15) is 4.21 Å². The molecule has 0 saturated heterocycles. The van der Waals surface area contributed by atoms with Gasteiger partial charge in [-0.05, 0) is 43.7 Å². The van der Waals surface area contributed by atoms with Crippen LogP contribution in [0.5, 0.6) is 0 Å². The van der Waals surface area contributed by atoms with Crippen molar-refractivity contribution in [3.63, 3.8) is 0 Å². The van der Waals surface area contributed by atoms with Gasteiger partial charge in [0.25, 0.3) is 0 Å². The van der Waals surface area contributed by atoms with Crippen molar-refractivity contribution in [1.29, 1.82) is 0 Å². The van der Waals surface area contributed by atoms with E-state index in [0.29, 0.717) is 23.1 Å². The SMILES string of the molecule is CCC1CCC(O)(CNS(=O)(=O)c2ccc(Cl)s2)CC1. The molecule has 1 aliphatic carbocycles. The molecule has 1 aromatic rings. The molecule has 1 heterocycles. The largest absolute Gasteiger partial charge is 0.389 e. The Bertz CT molecular complexity index is 548. The third-order valence-electron chi connectivity index (χ3n) is 4.02. The number of hydrogen-bond donors (Lipinski definition) is 2. The van der Waals surface area contributed by atoms with Gasteiger partial charge >= 0.3 is 0 Å². The Hall–Kier alpha value is -0.140. The van der Waals surface area contributed by atoms with Crippen LogP contribution in [-0.2, 0) is 10.0 Å². The molecule has 1 aliphatic rings. The van der Waals surface area contributed by atoms with Crippen molar-refractivity contribution in [1.82, 2.24) is 4.72 Å². The highest BCUT2D eigenvalue weighted by molar-refractivity contribution is 7.91. The molecule has 0 unspecified atom stereocenters. The predicted molar refractivity (Wildman–Crippen MR) is 81.7 cm³/mol. The van der Waals surface area contributed by atoms with Gasteiger partial charge in [-0.3, -0.25) is 0 Å². The van der Waals surface area contributed by atoms with Gasteiger partial charge in [-0.1, -0.05) is 24.9 Å². The van der Waals surface area contributed by atoms with E-state index in [9.17, 15) is 13.5 Å². The number of rotatable bonds is 5. The lowest BCUT2D eigenvalue weighted by Gasteiger charge is -2.35. The zero-order chi connectivity index (χ0) is 14.8. The first-order valence-electron chi connectivity index (χ1n) is 6.82. The molecule has 1 fully saturated rings. The lowest BCUT2D eigenvalue weighted by atomic mass is 9.78. The molecule has 0 amide bonds. The number of hydrogen-bond acceptors (Lipinski definition) is 4. The van der Waals surface area contributed by atoms with Crippen molar-refractivity contribution in [3.05, 3.63) is 16.5 Å². The highest BCUT2D eigenvalue weighted by Crippen LogP contribution is 2.33. The summed E-state index contributed by atoms with van der Waals surface area (Å²) < 4.78 is 27.3. The molecule has 0 aromatic carbocycles. The van der Waals surface area contributed by atoms with E-state index >= 15 is 0 Å². The first-order chi connectivity index (χ1) is 9.35. The van der Waals surface area contributed by atoms with E-state index in [-0.39, 0.29) is 10.8 Å². The molecular weight excluding hydrogens is 318 g/mol. The summed E-state index contributed by atoms with van der Waals surface area (Å²) in [6.45, 7) is 2.22. The minimum Gasteiger partial charge on any atom is -0.389 e. The summed E-state index contributed by atoms with van der Waals surface area (Å²) >= 11 is 6.77. The van der Waals surface area contributed by atoms with Crippen LogP contribution in [-0.4, -0.2) is 25.7 Å². The van der Waals surface area contributed by atoms with Crippen LogP contribution in [0.15, 0.2) is 16.3 Å². The maximum Gasteiger partial charge on any atom is 0.250 e. The van der Waals surface area contributed by atoms with Gasteiger partial charge in [-0.15, -0.1) is 11.3 Å². The second-order valence-electron chi connectivity index (χ2n) is 5.46. The summed E-state index contributed by atoms with van der Waals surface area (Å²) in [5.74, 6) is 0.656. The Balaban J connectivity index is 1.95. The van der Waals surface area contributed by atoms with Gasteiger partial charge < -0.3 is 5.11 Å². The number of sulfonamides is 1. The summed E-state index contributed by atoms with van der Waals surface area (Å²) in [7, 11) is -3.57. The van der Waals surface area contributed by atoms with Crippen LogP contribution in [0.4, 0.5) is 0 Å². The summed E-state index contributed by atoms with van der Waals surface area (Å²) in [4.78, 5) is 0. The summed E-state index contributed by atoms with van der Waals surface area (Å²) in [6, 6.07) is 3.04. The van der Waals surface area contributed by atoms with Gasteiger partial charge in [0.05, 0.1) is 9.94 Å². The average Bonchev–Trinajstić information content (AvgIpc) is 2.85. The minimum atomic E-state index is -3.57.